The van der Waals surface area contributed by atoms with Gasteiger partial charge in [-0.15, -0.1) is 0 Å². The number of carbonyl (C=O) groups is 1. The Kier molecular flexibility index (Phi) is 3.80. The van der Waals surface area contributed by atoms with Crippen LogP contribution in [0.2, 0.25) is 0 Å². The summed E-state index contributed by atoms with van der Waals surface area (Å²) in [6.45, 7) is 0.213. The zero-order valence-corrected chi connectivity index (χ0v) is 14.9. The van der Waals surface area contributed by atoms with Gasteiger partial charge in [0.25, 0.3) is 5.56 Å². The summed E-state index contributed by atoms with van der Waals surface area (Å²) in [6, 6.07) is 8.15. The van der Waals surface area contributed by atoms with Crippen LogP contribution < -0.4 is 5.56 Å². The molecule has 0 amide bonds. The van der Waals surface area contributed by atoms with Crippen LogP contribution in [0.5, 0.6) is 0 Å². The zero-order chi connectivity index (χ0) is 20.0. The molecular formula is C20H13FN6O2. The molecule has 29 heavy (non-hydrogen) atoms. The fourth-order valence-corrected chi connectivity index (χ4v) is 3.30. The molecule has 0 unspecified atom stereocenters. The molecule has 0 aliphatic heterocycles. The van der Waals surface area contributed by atoms with Crippen molar-refractivity contribution in [3.05, 3.63) is 88.4 Å². The van der Waals surface area contributed by atoms with E-state index in [0.717, 1.165) is 5.52 Å². The van der Waals surface area contributed by atoms with Crippen LogP contribution in [0, 0.1) is 5.95 Å². The molecule has 0 saturated carbocycles. The molecule has 5 aromatic rings. The normalized spacial score (nSPS) is 11.3. The van der Waals surface area contributed by atoms with Gasteiger partial charge < -0.3 is 14.5 Å². The van der Waals surface area contributed by atoms with Gasteiger partial charge in [-0.1, -0.05) is 0 Å². The SMILES string of the molecule is O=C(c1cccnc1F)c1c[nH]c2c(=O)n(Cc3nc4ncccc4[nH]3)ccc12. The monoisotopic (exact) mass is 388 g/mol. The van der Waals surface area contributed by atoms with E-state index in [1.54, 1.807) is 24.5 Å². The molecule has 142 valence electrons. The lowest BCUT2D eigenvalue weighted by atomic mass is 10.0. The van der Waals surface area contributed by atoms with Gasteiger partial charge in [0.1, 0.15) is 11.3 Å². The number of imidazole rings is 1. The van der Waals surface area contributed by atoms with Crippen molar-refractivity contribution < 1.29 is 9.18 Å². The number of H-pyrrole nitrogens is 2. The van der Waals surface area contributed by atoms with Gasteiger partial charge in [0, 0.05) is 35.7 Å². The maximum atomic E-state index is 13.9. The number of pyridine rings is 3. The summed E-state index contributed by atoms with van der Waals surface area (Å²) in [5, 5.41) is 0.422. The summed E-state index contributed by atoms with van der Waals surface area (Å²) in [5.41, 5.74) is 1.36. The third-order valence-electron chi connectivity index (χ3n) is 4.69. The summed E-state index contributed by atoms with van der Waals surface area (Å²) >= 11 is 0. The van der Waals surface area contributed by atoms with Crippen LogP contribution in [0.3, 0.4) is 0 Å². The number of ketones is 1. The fourth-order valence-electron chi connectivity index (χ4n) is 3.30. The van der Waals surface area contributed by atoms with Crippen molar-refractivity contribution in [3.63, 3.8) is 0 Å². The van der Waals surface area contributed by atoms with Crippen LogP contribution >= 0.6 is 0 Å². The largest absolute Gasteiger partial charge is 0.356 e. The van der Waals surface area contributed by atoms with Gasteiger partial charge >= 0.3 is 0 Å². The highest BCUT2D eigenvalue weighted by Gasteiger charge is 2.20. The van der Waals surface area contributed by atoms with Gasteiger partial charge in [0.2, 0.25) is 5.95 Å². The van der Waals surface area contributed by atoms with E-state index < -0.39 is 11.7 Å². The van der Waals surface area contributed by atoms with Crippen molar-refractivity contribution in [3.8, 4) is 0 Å². The Morgan fingerprint density at radius 1 is 1.10 bits per heavy atom. The number of rotatable bonds is 4. The number of nitrogens with one attached hydrogen (secondary N) is 2. The predicted octanol–water partition coefficient (Wildman–Crippen LogP) is 2.41. The maximum Gasteiger partial charge on any atom is 0.275 e. The Labute approximate surface area is 162 Å². The van der Waals surface area contributed by atoms with Crippen molar-refractivity contribution >= 4 is 27.9 Å². The lowest BCUT2D eigenvalue weighted by Gasteiger charge is -2.04. The fraction of sp³-hybridized carbons (Fsp3) is 0.0500. The Morgan fingerprint density at radius 3 is 2.76 bits per heavy atom. The van der Waals surface area contributed by atoms with Crippen LogP contribution in [0.15, 0.2) is 59.9 Å². The molecule has 0 aliphatic rings. The first-order valence-electron chi connectivity index (χ1n) is 8.77. The molecule has 8 nitrogen and oxygen atoms in total. The summed E-state index contributed by atoms with van der Waals surface area (Å²) in [4.78, 5) is 43.6. The number of carbonyl (C=O) groups excluding carboxylic acids is 1. The minimum atomic E-state index is -0.848. The van der Waals surface area contributed by atoms with Crippen LogP contribution in [0.4, 0.5) is 4.39 Å². The summed E-state index contributed by atoms with van der Waals surface area (Å²) < 4.78 is 15.3. The van der Waals surface area contributed by atoms with Gasteiger partial charge in [-0.2, -0.15) is 4.39 Å². The van der Waals surface area contributed by atoms with Crippen molar-refractivity contribution in [1.29, 1.82) is 0 Å². The van der Waals surface area contributed by atoms with Gasteiger partial charge in [0.05, 0.1) is 17.6 Å². The Balaban J connectivity index is 1.54. The first-order valence-corrected chi connectivity index (χ1v) is 8.77. The van der Waals surface area contributed by atoms with Crippen molar-refractivity contribution in [2.24, 2.45) is 0 Å². The third kappa shape index (κ3) is 2.80. The molecular weight excluding hydrogens is 375 g/mol. The second kappa shape index (κ2) is 6.48. The molecule has 9 heteroatoms. The molecule has 0 fully saturated rings. The molecule has 5 heterocycles. The highest BCUT2D eigenvalue weighted by atomic mass is 19.1. The molecule has 5 aromatic heterocycles. The minimum Gasteiger partial charge on any atom is -0.356 e. The maximum absolute atomic E-state index is 13.9. The number of halogens is 1. The molecule has 0 saturated heterocycles. The van der Waals surface area contributed by atoms with E-state index in [4.69, 9.17) is 0 Å². The third-order valence-corrected chi connectivity index (χ3v) is 4.69. The molecule has 2 N–H and O–H groups in total. The number of aromatic nitrogens is 6. The molecule has 0 radical (unpaired) electrons. The zero-order valence-electron chi connectivity index (χ0n) is 14.9. The van der Waals surface area contributed by atoms with Crippen LogP contribution in [0.25, 0.3) is 22.1 Å². The molecule has 0 atom stereocenters. The lowest BCUT2D eigenvalue weighted by Crippen LogP contribution is -2.20. The number of fused-ring (bicyclic) bond motifs is 2. The summed E-state index contributed by atoms with van der Waals surface area (Å²) in [5.74, 6) is -0.804. The van der Waals surface area contributed by atoms with Gasteiger partial charge in [0.15, 0.2) is 11.4 Å². The Morgan fingerprint density at radius 2 is 1.93 bits per heavy atom. The summed E-state index contributed by atoms with van der Waals surface area (Å²) in [7, 11) is 0. The number of hydrogen-bond acceptors (Lipinski definition) is 5. The topological polar surface area (TPSA) is 109 Å². The van der Waals surface area contributed by atoms with Crippen molar-refractivity contribution in [1.82, 2.24) is 29.5 Å². The highest BCUT2D eigenvalue weighted by Crippen LogP contribution is 2.20. The standard InChI is InChI=1S/C20H13FN6O2/c21-18-12(3-1-6-22-18)17(28)13-9-24-16-11(13)5-8-27(20(16)29)10-15-25-14-4-2-7-23-19(14)26-15/h1-9,24H,10H2,(H,23,25,26). The second-order valence-electron chi connectivity index (χ2n) is 6.47. The number of hydrogen-bond donors (Lipinski definition) is 2. The van der Waals surface area contributed by atoms with E-state index >= 15 is 0 Å². The van der Waals surface area contributed by atoms with Crippen molar-refractivity contribution in [2.75, 3.05) is 0 Å². The van der Waals surface area contributed by atoms with Gasteiger partial charge in [-0.25, -0.2) is 15.0 Å². The van der Waals surface area contributed by atoms with Gasteiger partial charge in [-0.3, -0.25) is 9.59 Å². The average Bonchev–Trinajstić information content (AvgIpc) is 3.34. The van der Waals surface area contributed by atoms with Gasteiger partial charge in [-0.05, 0) is 30.3 Å². The van der Waals surface area contributed by atoms with E-state index in [9.17, 15) is 14.0 Å². The molecule has 0 spiro atoms. The van der Waals surface area contributed by atoms with E-state index in [1.165, 1.54) is 29.1 Å². The quantitative estimate of drug-likeness (QED) is 0.363. The van der Waals surface area contributed by atoms with Crippen molar-refractivity contribution in [2.45, 2.75) is 6.54 Å². The second-order valence-corrected chi connectivity index (χ2v) is 6.47. The van der Waals surface area contributed by atoms with Crippen LogP contribution in [-0.4, -0.2) is 35.3 Å². The Hall–Kier alpha value is -4.14. The lowest BCUT2D eigenvalue weighted by molar-refractivity contribution is 0.103. The molecule has 5 rings (SSSR count). The van der Waals surface area contributed by atoms with E-state index in [-0.39, 0.29) is 28.7 Å². The molecule has 0 aromatic carbocycles. The first kappa shape index (κ1) is 17.0. The van der Waals surface area contributed by atoms with E-state index in [2.05, 4.69) is 24.9 Å². The predicted molar refractivity (Wildman–Crippen MR) is 103 cm³/mol. The minimum absolute atomic E-state index is 0.146. The smallest absolute Gasteiger partial charge is 0.275 e. The summed E-state index contributed by atoms with van der Waals surface area (Å²) in [6.07, 6.45) is 5.91. The highest BCUT2D eigenvalue weighted by molar-refractivity contribution is 6.16. The van der Waals surface area contributed by atoms with E-state index in [1.807, 2.05) is 6.07 Å². The first-order chi connectivity index (χ1) is 14.1. The molecule has 0 bridgehead atoms. The van der Waals surface area contributed by atoms with E-state index in [0.29, 0.717) is 16.9 Å². The average molecular weight is 388 g/mol. The Bertz CT molecular complexity index is 1420. The van der Waals surface area contributed by atoms with Crippen LogP contribution in [0.1, 0.15) is 21.7 Å². The number of nitrogens with zero attached hydrogens (tertiary/aromatic N) is 4. The van der Waals surface area contributed by atoms with Crippen LogP contribution in [-0.2, 0) is 6.54 Å². The number of aromatic amines is 2. The molecule has 0 aliphatic carbocycles.